The van der Waals surface area contributed by atoms with E-state index in [1.807, 2.05) is 19.1 Å². The van der Waals surface area contributed by atoms with Crippen LogP contribution in [-0.4, -0.2) is 36.5 Å². The quantitative estimate of drug-likeness (QED) is 0.770. The molecule has 0 saturated carbocycles. The fourth-order valence-electron chi connectivity index (χ4n) is 2.17. The molecule has 0 spiro atoms. The number of hydrogen-bond donors (Lipinski definition) is 2. The van der Waals surface area contributed by atoms with Gasteiger partial charge in [0.2, 0.25) is 5.91 Å². The van der Waals surface area contributed by atoms with E-state index in [1.54, 1.807) is 0 Å². The van der Waals surface area contributed by atoms with Crippen LogP contribution in [0.4, 0.5) is 5.69 Å². The molecule has 1 amide bonds. The highest BCUT2D eigenvalue weighted by molar-refractivity contribution is 14.1. The van der Waals surface area contributed by atoms with Crippen LogP contribution in [0.3, 0.4) is 0 Å². The van der Waals surface area contributed by atoms with Gasteiger partial charge in [0.15, 0.2) is 0 Å². The molecule has 1 saturated heterocycles. The fraction of sp³-hybridized carbons (Fsp3) is 0.462. The van der Waals surface area contributed by atoms with Crippen LogP contribution in [0.5, 0.6) is 0 Å². The second-order valence-corrected chi connectivity index (χ2v) is 6.04. The molecule has 2 rings (SSSR count). The van der Waals surface area contributed by atoms with Gasteiger partial charge in [-0.25, -0.2) is 0 Å². The molecular weight excluding hydrogens is 377 g/mol. The number of nitrogens with zero attached hydrogens (tertiary/aromatic N) is 1. The summed E-state index contributed by atoms with van der Waals surface area (Å²) in [7, 11) is 0. The normalized spacial score (nSPS) is 19.0. The molecule has 19 heavy (non-hydrogen) atoms. The second-order valence-electron chi connectivity index (χ2n) is 4.79. The number of rotatable bonds is 3. The molecule has 4 nitrogen and oxygen atoms in total. The van der Waals surface area contributed by atoms with E-state index in [-0.39, 0.29) is 24.4 Å². The Balaban J connectivity index is 0.00000180. The molecule has 6 heteroatoms. The molecule has 0 unspecified atom stereocenters. The Labute approximate surface area is 133 Å². The first-order valence-electron chi connectivity index (χ1n) is 6.08. The Kier molecular flexibility index (Phi) is 6.52. The third-order valence-electron chi connectivity index (χ3n) is 3.14. The number of benzene rings is 1. The highest BCUT2D eigenvalue weighted by atomic mass is 127. The SMILES string of the molecule is Cc1cc(I)ccc1NC(=O)CN1CC[C@H](N)C1.Cl. The third-order valence-corrected chi connectivity index (χ3v) is 3.81. The zero-order chi connectivity index (χ0) is 13.1. The number of nitrogens with one attached hydrogen (secondary N) is 1. The summed E-state index contributed by atoms with van der Waals surface area (Å²) >= 11 is 2.26. The summed E-state index contributed by atoms with van der Waals surface area (Å²) in [6.45, 7) is 4.17. The van der Waals surface area contributed by atoms with Crippen molar-refractivity contribution in [3.63, 3.8) is 0 Å². The molecule has 0 aromatic heterocycles. The number of amides is 1. The summed E-state index contributed by atoms with van der Waals surface area (Å²) in [5.41, 5.74) is 7.80. The topological polar surface area (TPSA) is 58.4 Å². The summed E-state index contributed by atoms with van der Waals surface area (Å²) in [5, 5.41) is 2.95. The van der Waals surface area contributed by atoms with Crippen molar-refractivity contribution in [2.45, 2.75) is 19.4 Å². The lowest BCUT2D eigenvalue weighted by Gasteiger charge is -2.15. The number of halogens is 2. The van der Waals surface area contributed by atoms with Crippen molar-refractivity contribution in [1.29, 1.82) is 0 Å². The first-order chi connectivity index (χ1) is 8.54. The molecule has 1 heterocycles. The van der Waals surface area contributed by atoms with Crippen LogP contribution in [0.25, 0.3) is 0 Å². The monoisotopic (exact) mass is 395 g/mol. The molecule has 0 radical (unpaired) electrons. The van der Waals surface area contributed by atoms with Gasteiger partial charge in [0, 0.05) is 28.4 Å². The van der Waals surface area contributed by atoms with Gasteiger partial charge in [0.05, 0.1) is 6.54 Å². The highest BCUT2D eigenvalue weighted by Gasteiger charge is 2.21. The molecule has 1 aliphatic heterocycles. The van der Waals surface area contributed by atoms with Crippen LogP contribution in [-0.2, 0) is 4.79 Å². The maximum Gasteiger partial charge on any atom is 0.238 e. The van der Waals surface area contributed by atoms with Gasteiger partial charge in [-0.05, 0) is 59.7 Å². The van der Waals surface area contributed by atoms with E-state index in [0.717, 1.165) is 30.8 Å². The van der Waals surface area contributed by atoms with Crippen LogP contribution < -0.4 is 11.1 Å². The molecule has 106 valence electrons. The van der Waals surface area contributed by atoms with Crippen molar-refractivity contribution in [2.24, 2.45) is 5.73 Å². The molecule has 1 fully saturated rings. The van der Waals surface area contributed by atoms with Gasteiger partial charge in [-0.1, -0.05) is 0 Å². The summed E-state index contributed by atoms with van der Waals surface area (Å²) in [6, 6.07) is 6.22. The van der Waals surface area contributed by atoms with Gasteiger partial charge in [0.1, 0.15) is 0 Å². The molecule has 0 aliphatic carbocycles. The van der Waals surface area contributed by atoms with E-state index < -0.39 is 0 Å². The molecule has 1 aliphatic rings. The Bertz CT molecular complexity index is 456. The number of likely N-dealkylation sites (tertiary alicyclic amines) is 1. The van der Waals surface area contributed by atoms with Crippen LogP contribution in [0.15, 0.2) is 18.2 Å². The predicted molar refractivity (Wildman–Crippen MR) is 88.8 cm³/mol. The smallest absolute Gasteiger partial charge is 0.238 e. The average molecular weight is 396 g/mol. The Hall–Kier alpha value is -0.370. The predicted octanol–water partition coefficient (Wildman–Crippen LogP) is 1.99. The van der Waals surface area contributed by atoms with E-state index in [9.17, 15) is 4.79 Å². The summed E-state index contributed by atoms with van der Waals surface area (Å²) in [4.78, 5) is 14.0. The van der Waals surface area contributed by atoms with Crippen LogP contribution in [0.2, 0.25) is 0 Å². The largest absolute Gasteiger partial charge is 0.326 e. The number of carbonyl (C=O) groups is 1. The van der Waals surface area contributed by atoms with Gasteiger partial charge < -0.3 is 11.1 Å². The number of aryl methyl sites for hydroxylation is 1. The van der Waals surface area contributed by atoms with Crippen LogP contribution in [0, 0.1) is 10.5 Å². The first kappa shape index (κ1) is 16.7. The van der Waals surface area contributed by atoms with Crippen molar-refractivity contribution in [2.75, 3.05) is 25.0 Å². The van der Waals surface area contributed by atoms with Crippen molar-refractivity contribution in [1.82, 2.24) is 4.90 Å². The molecule has 1 atom stereocenters. The lowest BCUT2D eigenvalue weighted by atomic mass is 10.2. The first-order valence-corrected chi connectivity index (χ1v) is 7.16. The van der Waals surface area contributed by atoms with Crippen molar-refractivity contribution in [3.05, 3.63) is 27.3 Å². The average Bonchev–Trinajstić information content (AvgIpc) is 2.68. The van der Waals surface area contributed by atoms with E-state index in [0.29, 0.717) is 6.54 Å². The minimum absolute atomic E-state index is 0. The van der Waals surface area contributed by atoms with Crippen molar-refractivity contribution >= 4 is 46.6 Å². The number of anilines is 1. The molecule has 1 aromatic carbocycles. The highest BCUT2D eigenvalue weighted by Crippen LogP contribution is 2.17. The molecular formula is C13H19ClIN3O. The van der Waals surface area contributed by atoms with Crippen LogP contribution >= 0.6 is 35.0 Å². The summed E-state index contributed by atoms with van der Waals surface area (Å²) in [6.07, 6.45) is 0.982. The summed E-state index contributed by atoms with van der Waals surface area (Å²) in [5.74, 6) is 0.0356. The van der Waals surface area contributed by atoms with E-state index in [4.69, 9.17) is 5.73 Å². The zero-order valence-corrected chi connectivity index (χ0v) is 13.8. The van der Waals surface area contributed by atoms with E-state index in [2.05, 4.69) is 38.9 Å². The Morgan fingerprint density at radius 1 is 1.58 bits per heavy atom. The molecule has 3 N–H and O–H groups in total. The van der Waals surface area contributed by atoms with Gasteiger partial charge in [-0.2, -0.15) is 0 Å². The van der Waals surface area contributed by atoms with Crippen molar-refractivity contribution in [3.8, 4) is 0 Å². The number of nitrogens with two attached hydrogens (primary N) is 1. The van der Waals surface area contributed by atoms with E-state index in [1.165, 1.54) is 3.57 Å². The van der Waals surface area contributed by atoms with Gasteiger partial charge in [-0.15, -0.1) is 12.4 Å². The maximum atomic E-state index is 11.9. The third kappa shape index (κ3) is 4.91. The number of hydrogen-bond acceptors (Lipinski definition) is 3. The minimum Gasteiger partial charge on any atom is -0.326 e. The summed E-state index contributed by atoms with van der Waals surface area (Å²) < 4.78 is 1.17. The maximum absolute atomic E-state index is 11.9. The molecule has 0 bridgehead atoms. The standard InChI is InChI=1S/C13H18IN3O.ClH/c1-9-6-10(14)2-3-12(9)16-13(18)8-17-5-4-11(15)7-17;/h2-3,6,11H,4-5,7-8,15H2,1H3,(H,16,18);1H/t11-;/m0./s1. The van der Waals surface area contributed by atoms with Gasteiger partial charge in [-0.3, -0.25) is 9.69 Å². The minimum atomic E-state index is 0. The Morgan fingerprint density at radius 2 is 2.32 bits per heavy atom. The molecule has 1 aromatic rings. The van der Waals surface area contributed by atoms with E-state index >= 15 is 0 Å². The second kappa shape index (κ2) is 7.42. The number of carbonyl (C=O) groups excluding carboxylic acids is 1. The van der Waals surface area contributed by atoms with Crippen LogP contribution in [0.1, 0.15) is 12.0 Å². The van der Waals surface area contributed by atoms with Gasteiger partial charge >= 0.3 is 0 Å². The van der Waals surface area contributed by atoms with Crippen molar-refractivity contribution < 1.29 is 4.79 Å². The fourth-order valence-corrected chi connectivity index (χ4v) is 2.81. The zero-order valence-electron chi connectivity index (χ0n) is 10.9. The lowest BCUT2D eigenvalue weighted by Crippen LogP contribution is -2.33. The lowest BCUT2D eigenvalue weighted by molar-refractivity contribution is -0.117. The Morgan fingerprint density at radius 3 is 2.89 bits per heavy atom. The van der Waals surface area contributed by atoms with Gasteiger partial charge in [0.25, 0.3) is 0 Å².